The minimum atomic E-state index is 0.409. The number of halogens is 2. The molecule has 1 aliphatic rings. The Labute approximate surface area is 119 Å². The highest BCUT2D eigenvalue weighted by Gasteiger charge is 2.21. The summed E-state index contributed by atoms with van der Waals surface area (Å²) in [6.07, 6.45) is 5.15. The van der Waals surface area contributed by atoms with Gasteiger partial charge in [-0.3, -0.25) is 0 Å². The van der Waals surface area contributed by atoms with Gasteiger partial charge in [0.1, 0.15) is 0 Å². The number of benzene rings is 1. The van der Waals surface area contributed by atoms with Crippen LogP contribution in [0.25, 0.3) is 0 Å². The Morgan fingerprint density at radius 3 is 2.88 bits per heavy atom. The Kier molecular flexibility index (Phi) is 4.88. The van der Waals surface area contributed by atoms with E-state index >= 15 is 0 Å². The number of hydrogen-bond acceptors (Lipinski definition) is 2. The third kappa shape index (κ3) is 3.70. The fourth-order valence-corrected chi connectivity index (χ4v) is 3.04. The Bertz CT molecular complexity index is 384. The van der Waals surface area contributed by atoms with Crippen LogP contribution in [0.4, 0.5) is 5.69 Å². The largest absolute Gasteiger partial charge is 0.381 e. The second-order valence-corrected chi connectivity index (χ2v) is 6.26. The average Bonchev–Trinajstić information content (AvgIpc) is 2.34. The molecule has 0 radical (unpaired) electrons. The molecule has 2 unspecified atom stereocenters. The summed E-state index contributed by atoms with van der Waals surface area (Å²) in [4.78, 5) is 0. The van der Waals surface area contributed by atoms with Crippen LogP contribution in [-0.4, -0.2) is 19.3 Å². The normalized spacial score (nSPS) is 24.6. The lowest BCUT2D eigenvalue weighted by Gasteiger charge is -2.29. The first-order chi connectivity index (χ1) is 8.19. The molecular formula is C13H17Br2NO. The zero-order chi connectivity index (χ0) is 12.3. The minimum absolute atomic E-state index is 0.409. The lowest BCUT2D eigenvalue weighted by atomic mass is 9.92. The highest BCUT2D eigenvalue weighted by molar-refractivity contribution is 9.11. The van der Waals surface area contributed by atoms with Gasteiger partial charge in [-0.2, -0.15) is 0 Å². The molecule has 1 N–H and O–H groups in total. The molecule has 1 aromatic rings. The van der Waals surface area contributed by atoms with Crippen LogP contribution >= 0.6 is 31.9 Å². The molecule has 0 heterocycles. The highest BCUT2D eigenvalue weighted by Crippen LogP contribution is 2.30. The maximum Gasteiger partial charge on any atom is 0.0590 e. The molecular weight excluding hydrogens is 346 g/mol. The van der Waals surface area contributed by atoms with Gasteiger partial charge in [0.25, 0.3) is 0 Å². The van der Waals surface area contributed by atoms with E-state index in [2.05, 4.69) is 49.3 Å². The van der Waals surface area contributed by atoms with Crippen molar-refractivity contribution in [3.63, 3.8) is 0 Å². The van der Waals surface area contributed by atoms with E-state index in [1.54, 1.807) is 0 Å². The first-order valence-electron chi connectivity index (χ1n) is 5.93. The predicted molar refractivity (Wildman–Crippen MR) is 78.5 cm³/mol. The lowest BCUT2D eigenvalue weighted by molar-refractivity contribution is 0.0669. The summed E-state index contributed by atoms with van der Waals surface area (Å²) in [6, 6.07) is 6.72. The predicted octanol–water partition coefficient (Wildman–Crippen LogP) is 4.58. The van der Waals surface area contributed by atoms with Crippen LogP contribution in [0.3, 0.4) is 0 Å². The van der Waals surface area contributed by atoms with Crippen LogP contribution in [0.1, 0.15) is 25.7 Å². The molecule has 2 nitrogen and oxygen atoms in total. The van der Waals surface area contributed by atoms with E-state index in [1.807, 2.05) is 13.2 Å². The molecule has 2 atom stereocenters. The van der Waals surface area contributed by atoms with Gasteiger partial charge in [-0.05, 0) is 59.8 Å². The zero-order valence-corrected chi connectivity index (χ0v) is 13.1. The second kappa shape index (κ2) is 6.21. The molecule has 4 heteroatoms. The molecule has 0 aromatic heterocycles. The first kappa shape index (κ1) is 13.4. The molecule has 0 spiro atoms. The van der Waals surface area contributed by atoms with Crippen LogP contribution in [0.2, 0.25) is 0 Å². The van der Waals surface area contributed by atoms with Crippen LogP contribution in [-0.2, 0) is 4.74 Å². The van der Waals surface area contributed by atoms with Gasteiger partial charge in [-0.1, -0.05) is 15.9 Å². The van der Waals surface area contributed by atoms with Gasteiger partial charge < -0.3 is 10.1 Å². The van der Waals surface area contributed by atoms with Crippen molar-refractivity contribution in [1.82, 2.24) is 0 Å². The smallest absolute Gasteiger partial charge is 0.0590 e. The van der Waals surface area contributed by atoms with E-state index in [4.69, 9.17) is 4.74 Å². The first-order valence-corrected chi connectivity index (χ1v) is 7.52. The minimum Gasteiger partial charge on any atom is -0.381 e. The lowest BCUT2D eigenvalue weighted by Crippen LogP contribution is -2.31. The van der Waals surface area contributed by atoms with E-state index in [0.29, 0.717) is 12.1 Å². The molecule has 2 rings (SSSR count). The van der Waals surface area contributed by atoms with E-state index in [0.717, 1.165) is 21.1 Å². The van der Waals surface area contributed by atoms with E-state index < -0.39 is 0 Å². The van der Waals surface area contributed by atoms with Gasteiger partial charge in [0.2, 0.25) is 0 Å². The molecule has 94 valence electrons. The Morgan fingerprint density at radius 1 is 1.29 bits per heavy atom. The maximum atomic E-state index is 5.45. The van der Waals surface area contributed by atoms with Gasteiger partial charge in [0.15, 0.2) is 0 Å². The van der Waals surface area contributed by atoms with Crippen LogP contribution in [0.15, 0.2) is 27.1 Å². The van der Waals surface area contributed by atoms with Crippen LogP contribution in [0, 0.1) is 0 Å². The van der Waals surface area contributed by atoms with Gasteiger partial charge in [0.05, 0.1) is 6.10 Å². The number of methoxy groups -OCH3 is 1. The summed E-state index contributed by atoms with van der Waals surface area (Å²) >= 11 is 7.08. The van der Waals surface area contributed by atoms with Crippen LogP contribution in [0.5, 0.6) is 0 Å². The molecule has 1 aliphatic carbocycles. The molecule has 0 saturated heterocycles. The Morgan fingerprint density at radius 2 is 2.12 bits per heavy atom. The van der Waals surface area contributed by atoms with Gasteiger partial charge in [-0.25, -0.2) is 0 Å². The third-order valence-corrected chi connectivity index (χ3v) is 4.43. The molecule has 1 saturated carbocycles. The van der Waals surface area contributed by atoms with E-state index in [-0.39, 0.29) is 0 Å². The summed E-state index contributed by atoms with van der Waals surface area (Å²) < 4.78 is 7.66. The van der Waals surface area contributed by atoms with E-state index in [9.17, 15) is 0 Å². The van der Waals surface area contributed by atoms with Crippen molar-refractivity contribution < 1.29 is 4.74 Å². The van der Waals surface area contributed by atoms with Gasteiger partial charge >= 0.3 is 0 Å². The monoisotopic (exact) mass is 361 g/mol. The molecule has 1 aromatic carbocycles. The van der Waals surface area contributed by atoms with E-state index in [1.165, 1.54) is 19.3 Å². The number of ether oxygens (including phenoxy) is 1. The molecule has 0 amide bonds. The van der Waals surface area contributed by atoms with Crippen molar-refractivity contribution >= 4 is 37.5 Å². The maximum absolute atomic E-state index is 5.45. The zero-order valence-electron chi connectivity index (χ0n) is 9.88. The topological polar surface area (TPSA) is 21.3 Å². The van der Waals surface area contributed by atoms with Crippen molar-refractivity contribution in [1.29, 1.82) is 0 Å². The summed E-state index contributed by atoms with van der Waals surface area (Å²) in [5.41, 5.74) is 1.15. The summed E-state index contributed by atoms with van der Waals surface area (Å²) in [5, 5.41) is 3.60. The van der Waals surface area contributed by atoms with Crippen molar-refractivity contribution in [2.45, 2.75) is 37.8 Å². The number of hydrogen-bond donors (Lipinski definition) is 1. The van der Waals surface area contributed by atoms with Crippen molar-refractivity contribution in [3.8, 4) is 0 Å². The molecule has 0 aliphatic heterocycles. The molecule has 17 heavy (non-hydrogen) atoms. The number of rotatable bonds is 3. The SMILES string of the molecule is COC1CCCC(Nc2cc(Br)ccc2Br)C1. The van der Waals surface area contributed by atoms with Gasteiger partial charge in [-0.15, -0.1) is 0 Å². The van der Waals surface area contributed by atoms with Gasteiger partial charge in [0, 0.05) is 27.8 Å². The number of nitrogens with one attached hydrogen (secondary N) is 1. The summed E-state index contributed by atoms with van der Waals surface area (Å²) in [6.45, 7) is 0. The third-order valence-electron chi connectivity index (χ3n) is 3.25. The average molecular weight is 363 g/mol. The van der Waals surface area contributed by atoms with Crippen molar-refractivity contribution in [2.24, 2.45) is 0 Å². The number of anilines is 1. The summed E-state index contributed by atoms with van der Waals surface area (Å²) in [7, 11) is 1.81. The quantitative estimate of drug-likeness (QED) is 0.849. The Hall–Kier alpha value is -0.0600. The highest BCUT2D eigenvalue weighted by atomic mass is 79.9. The fourth-order valence-electron chi connectivity index (χ4n) is 2.32. The van der Waals surface area contributed by atoms with Crippen molar-refractivity contribution in [3.05, 3.63) is 27.1 Å². The fraction of sp³-hybridized carbons (Fsp3) is 0.538. The molecule has 1 fully saturated rings. The van der Waals surface area contributed by atoms with Crippen molar-refractivity contribution in [2.75, 3.05) is 12.4 Å². The molecule has 0 bridgehead atoms. The van der Waals surface area contributed by atoms with Crippen LogP contribution < -0.4 is 5.32 Å². The Balaban J connectivity index is 2.02. The summed E-state index contributed by atoms with van der Waals surface area (Å²) in [5.74, 6) is 0. The standard InChI is InChI=1S/C13H17Br2NO/c1-17-11-4-2-3-10(8-11)16-13-7-9(14)5-6-12(13)15/h5-7,10-11,16H,2-4,8H2,1H3. The second-order valence-electron chi connectivity index (χ2n) is 4.49.